The highest BCUT2D eigenvalue weighted by atomic mass is 79.9. The average molecular weight is 261 g/mol. The van der Waals surface area contributed by atoms with Crippen LogP contribution >= 0.6 is 15.9 Å². The molecule has 1 rings (SSSR count). The molecule has 1 aromatic carbocycles. The van der Waals surface area contributed by atoms with Gasteiger partial charge in [0.1, 0.15) is 5.82 Å². The van der Waals surface area contributed by atoms with Crippen molar-refractivity contribution in [3.63, 3.8) is 0 Å². The fourth-order valence-corrected chi connectivity index (χ4v) is 1.58. The molecule has 1 N–H and O–H groups in total. The fourth-order valence-electron chi connectivity index (χ4n) is 1.20. The summed E-state index contributed by atoms with van der Waals surface area (Å²) >= 11 is 3.09. The number of rotatable bonds is 1. The van der Waals surface area contributed by atoms with Crippen LogP contribution in [0.4, 0.5) is 4.39 Å². The maximum atomic E-state index is 13.6. The Labute approximate surface area is 92.1 Å². The van der Waals surface area contributed by atoms with Crippen LogP contribution in [-0.4, -0.2) is 5.11 Å². The predicted octanol–water partition coefficient (Wildman–Crippen LogP) is 3.67. The Morgan fingerprint density at radius 1 is 1.36 bits per heavy atom. The number of hydrogen-bond acceptors (Lipinski definition) is 1. The highest BCUT2D eigenvalue weighted by Crippen LogP contribution is 2.35. The molecule has 0 saturated carbocycles. The largest absolute Gasteiger partial charge is 0.388 e. The third-order valence-electron chi connectivity index (χ3n) is 2.10. The van der Waals surface area contributed by atoms with E-state index in [0.717, 1.165) is 0 Å². The SMILES string of the molecule is CC(C)(C)C(O)c1cccc(Br)c1F. The molecule has 0 fully saturated rings. The topological polar surface area (TPSA) is 20.2 Å². The van der Waals surface area contributed by atoms with Crippen LogP contribution in [0.15, 0.2) is 22.7 Å². The lowest BCUT2D eigenvalue weighted by atomic mass is 9.85. The van der Waals surface area contributed by atoms with Crippen LogP contribution in [0.25, 0.3) is 0 Å². The Hall–Kier alpha value is -0.410. The number of hydrogen-bond donors (Lipinski definition) is 1. The third kappa shape index (κ3) is 2.34. The zero-order chi connectivity index (χ0) is 10.9. The second-order valence-corrected chi connectivity index (χ2v) is 5.27. The summed E-state index contributed by atoms with van der Waals surface area (Å²) in [5.74, 6) is -0.380. The molecule has 0 amide bonds. The molecule has 0 bridgehead atoms. The molecule has 3 heteroatoms. The van der Waals surface area contributed by atoms with Crippen molar-refractivity contribution in [2.45, 2.75) is 26.9 Å². The van der Waals surface area contributed by atoms with E-state index in [-0.39, 0.29) is 11.2 Å². The second kappa shape index (κ2) is 3.99. The van der Waals surface area contributed by atoms with Crippen molar-refractivity contribution >= 4 is 15.9 Å². The van der Waals surface area contributed by atoms with Gasteiger partial charge in [0.05, 0.1) is 10.6 Å². The molecule has 0 aromatic heterocycles. The van der Waals surface area contributed by atoms with Gasteiger partial charge in [-0.15, -0.1) is 0 Å². The van der Waals surface area contributed by atoms with Gasteiger partial charge in [0, 0.05) is 5.56 Å². The minimum atomic E-state index is -0.792. The molecule has 1 nitrogen and oxygen atoms in total. The zero-order valence-electron chi connectivity index (χ0n) is 8.51. The molecule has 0 spiro atoms. The van der Waals surface area contributed by atoms with Crippen molar-refractivity contribution < 1.29 is 9.50 Å². The molecule has 0 aliphatic rings. The smallest absolute Gasteiger partial charge is 0.143 e. The van der Waals surface area contributed by atoms with E-state index in [9.17, 15) is 9.50 Å². The van der Waals surface area contributed by atoms with Crippen LogP contribution in [0.3, 0.4) is 0 Å². The molecule has 0 aliphatic carbocycles. The maximum absolute atomic E-state index is 13.6. The van der Waals surface area contributed by atoms with E-state index in [0.29, 0.717) is 10.0 Å². The van der Waals surface area contributed by atoms with Gasteiger partial charge < -0.3 is 5.11 Å². The molecular formula is C11H14BrFO. The summed E-state index contributed by atoms with van der Waals surface area (Å²) < 4.78 is 14.0. The minimum Gasteiger partial charge on any atom is -0.388 e. The highest BCUT2D eigenvalue weighted by molar-refractivity contribution is 9.10. The van der Waals surface area contributed by atoms with Crippen LogP contribution in [0.2, 0.25) is 0 Å². The van der Waals surface area contributed by atoms with Crippen LogP contribution in [-0.2, 0) is 0 Å². The second-order valence-electron chi connectivity index (χ2n) is 4.41. The van der Waals surface area contributed by atoms with Crippen molar-refractivity contribution in [2.75, 3.05) is 0 Å². The standard InChI is InChI=1S/C11H14BrFO/c1-11(2,3)10(14)7-5-4-6-8(12)9(7)13/h4-6,10,14H,1-3H3. The summed E-state index contributed by atoms with van der Waals surface area (Å²) in [6.45, 7) is 5.62. The van der Waals surface area contributed by atoms with Crippen LogP contribution in [0.5, 0.6) is 0 Å². The van der Waals surface area contributed by atoms with Gasteiger partial charge >= 0.3 is 0 Å². The lowest BCUT2D eigenvalue weighted by molar-refractivity contribution is 0.0593. The monoisotopic (exact) mass is 260 g/mol. The van der Waals surface area contributed by atoms with Crippen LogP contribution in [0.1, 0.15) is 32.4 Å². The molecule has 14 heavy (non-hydrogen) atoms. The molecular weight excluding hydrogens is 247 g/mol. The lowest BCUT2D eigenvalue weighted by Gasteiger charge is -2.26. The predicted molar refractivity (Wildman–Crippen MR) is 58.5 cm³/mol. The molecule has 78 valence electrons. The maximum Gasteiger partial charge on any atom is 0.143 e. The minimum absolute atomic E-state index is 0.340. The van der Waals surface area contributed by atoms with Gasteiger partial charge in [0.2, 0.25) is 0 Å². The van der Waals surface area contributed by atoms with Gasteiger partial charge in [-0.1, -0.05) is 32.9 Å². The Kier molecular flexibility index (Phi) is 3.32. The zero-order valence-corrected chi connectivity index (χ0v) is 10.1. The molecule has 1 unspecified atom stereocenters. The summed E-state index contributed by atoms with van der Waals surface area (Å²) in [5, 5.41) is 9.90. The van der Waals surface area contributed by atoms with E-state index >= 15 is 0 Å². The Balaban J connectivity index is 3.14. The van der Waals surface area contributed by atoms with Gasteiger partial charge in [0.25, 0.3) is 0 Å². The molecule has 0 saturated heterocycles. The molecule has 0 radical (unpaired) electrons. The first kappa shape index (κ1) is 11.7. The summed E-state index contributed by atoms with van der Waals surface area (Å²) in [6, 6.07) is 4.95. The normalized spacial score (nSPS) is 14.1. The van der Waals surface area contributed by atoms with Gasteiger partial charge in [0.15, 0.2) is 0 Å². The van der Waals surface area contributed by atoms with E-state index in [1.807, 2.05) is 20.8 Å². The quantitative estimate of drug-likeness (QED) is 0.817. The van der Waals surface area contributed by atoms with Gasteiger partial charge in [-0.05, 0) is 27.4 Å². The summed E-state index contributed by atoms with van der Waals surface area (Å²) in [6.07, 6.45) is -0.792. The van der Waals surface area contributed by atoms with Gasteiger partial charge in [-0.2, -0.15) is 0 Å². The summed E-state index contributed by atoms with van der Waals surface area (Å²) in [7, 11) is 0. The summed E-state index contributed by atoms with van der Waals surface area (Å²) in [5.41, 5.74) is -0.0198. The number of benzene rings is 1. The number of aliphatic hydroxyl groups excluding tert-OH is 1. The van der Waals surface area contributed by atoms with E-state index < -0.39 is 6.10 Å². The van der Waals surface area contributed by atoms with Crippen molar-refractivity contribution in [3.8, 4) is 0 Å². The molecule has 1 aromatic rings. The van der Waals surface area contributed by atoms with Crippen molar-refractivity contribution in [1.29, 1.82) is 0 Å². The Bertz CT molecular complexity index is 331. The first-order valence-electron chi connectivity index (χ1n) is 4.46. The van der Waals surface area contributed by atoms with Gasteiger partial charge in [-0.25, -0.2) is 4.39 Å². The van der Waals surface area contributed by atoms with Crippen LogP contribution < -0.4 is 0 Å². The van der Waals surface area contributed by atoms with Crippen molar-refractivity contribution in [2.24, 2.45) is 5.41 Å². The fraction of sp³-hybridized carbons (Fsp3) is 0.455. The number of aliphatic hydroxyl groups is 1. The lowest BCUT2D eigenvalue weighted by Crippen LogP contribution is -2.19. The van der Waals surface area contributed by atoms with Gasteiger partial charge in [-0.3, -0.25) is 0 Å². The molecule has 0 aliphatic heterocycles. The Morgan fingerprint density at radius 3 is 2.43 bits per heavy atom. The van der Waals surface area contributed by atoms with E-state index in [1.54, 1.807) is 18.2 Å². The average Bonchev–Trinajstić information content (AvgIpc) is 2.07. The summed E-state index contributed by atoms with van der Waals surface area (Å²) in [4.78, 5) is 0. The first-order valence-corrected chi connectivity index (χ1v) is 5.25. The number of halogens is 2. The highest BCUT2D eigenvalue weighted by Gasteiger charge is 2.26. The van der Waals surface area contributed by atoms with E-state index in [4.69, 9.17) is 0 Å². The van der Waals surface area contributed by atoms with Crippen molar-refractivity contribution in [3.05, 3.63) is 34.1 Å². The Morgan fingerprint density at radius 2 is 1.93 bits per heavy atom. The van der Waals surface area contributed by atoms with E-state index in [2.05, 4.69) is 15.9 Å². The first-order chi connectivity index (χ1) is 6.34. The van der Waals surface area contributed by atoms with E-state index in [1.165, 1.54) is 0 Å². The molecule has 0 heterocycles. The molecule has 1 atom stereocenters. The van der Waals surface area contributed by atoms with Crippen LogP contribution in [0, 0.1) is 11.2 Å². The van der Waals surface area contributed by atoms with Crippen molar-refractivity contribution in [1.82, 2.24) is 0 Å². The third-order valence-corrected chi connectivity index (χ3v) is 2.71.